The topological polar surface area (TPSA) is 65.0 Å². The van der Waals surface area contributed by atoms with Crippen LogP contribution in [-0.2, 0) is 11.2 Å². The lowest BCUT2D eigenvalue weighted by molar-refractivity contribution is -0.196. The molecule has 1 aliphatic carbocycles. The maximum absolute atomic E-state index is 14.0. The first-order valence-electron chi connectivity index (χ1n) is 12.1. The molecule has 3 aliphatic rings. The van der Waals surface area contributed by atoms with Crippen molar-refractivity contribution in [1.82, 2.24) is 14.5 Å². The molecule has 2 fully saturated rings. The summed E-state index contributed by atoms with van der Waals surface area (Å²) in [5.74, 6) is 0.287. The van der Waals surface area contributed by atoms with Gasteiger partial charge >= 0.3 is 6.18 Å². The summed E-state index contributed by atoms with van der Waals surface area (Å²) in [6.07, 6.45) is -1.73. The molecule has 1 aromatic rings. The molecule has 1 N–H and O–H groups in total. The van der Waals surface area contributed by atoms with Crippen molar-refractivity contribution in [2.24, 2.45) is 10.4 Å². The number of aryl methyl sites for hydroxylation is 2. The number of amides is 2. The molecule has 35 heavy (non-hydrogen) atoms. The Morgan fingerprint density at radius 3 is 2.40 bits per heavy atom. The molecular weight excluding hydrogens is 477 g/mol. The highest BCUT2D eigenvalue weighted by atomic mass is 32.2. The standard InChI is InChI=1S/C25H33F3N4O2S/c1-17-16-19(20(33)31(2)3)7-6-18(17)8-15-35-32-13-11-24(12-14-32)22(34)29-21(30-24)23(25(26,27)28)9-4-5-10-23/h6-7,16H,4-5,8-15H2,1-3H3,(H,29,30,34). The van der Waals surface area contributed by atoms with Crippen molar-refractivity contribution in [3.63, 3.8) is 0 Å². The minimum atomic E-state index is -4.41. The summed E-state index contributed by atoms with van der Waals surface area (Å²) in [4.78, 5) is 31.0. The fourth-order valence-electron chi connectivity index (χ4n) is 5.35. The first-order chi connectivity index (χ1) is 16.5. The Labute approximate surface area is 208 Å². The fraction of sp³-hybridized carbons (Fsp3) is 0.640. The molecule has 0 unspecified atom stereocenters. The second kappa shape index (κ2) is 9.76. The molecular formula is C25H33F3N4O2S. The Kier molecular flexibility index (Phi) is 7.26. The van der Waals surface area contributed by atoms with Gasteiger partial charge in [0.05, 0.1) is 0 Å². The number of nitrogens with one attached hydrogen (secondary N) is 1. The number of carbonyl (C=O) groups excluding carboxylic acids is 2. The monoisotopic (exact) mass is 510 g/mol. The van der Waals surface area contributed by atoms with Crippen molar-refractivity contribution >= 4 is 29.6 Å². The minimum Gasteiger partial charge on any atom is -0.345 e. The van der Waals surface area contributed by atoms with E-state index in [9.17, 15) is 22.8 Å². The van der Waals surface area contributed by atoms with Crippen molar-refractivity contribution in [2.75, 3.05) is 32.9 Å². The number of hydrogen-bond acceptors (Lipinski definition) is 5. The normalized spacial score (nSPS) is 21.8. The van der Waals surface area contributed by atoms with Crippen LogP contribution >= 0.6 is 11.9 Å². The predicted octanol–water partition coefficient (Wildman–Crippen LogP) is 4.37. The van der Waals surface area contributed by atoms with Gasteiger partial charge in [0.2, 0.25) is 0 Å². The number of benzene rings is 1. The van der Waals surface area contributed by atoms with Crippen LogP contribution in [0.3, 0.4) is 0 Å². The van der Waals surface area contributed by atoms with Crippen LogP contribution in [0.15, 0.2) is 23.2 Å². The van der Waals surface area contributed by atoms with E-state index in [1.165, 1.54) is 5.56 Å². The van der Waals surface area contributed by atoms with Crippen LogP contribution in [0.2, 0.25) is 0 Å². The number of alkyl halides is 3. The molecule has 1 aromatic carbocycles. The number of hydrogen-bond donors (Lipinski definition) is 1. The highest BCUT2D eigenvalue weighted by Crippen LogP contribution is 2.52. The molecule has 10 heteroatoms. The molecule has 0 radical (unpaired) electrons. The Hall–Kier alpha value is -2.07. The molecule has 1 spiro atoms. The van der Waals surface area contributed by atoms with Gasteiger partial charge < -0.3 is 10.2 Å². The van der Waals surface area contributed by atoms with Gasteiger partial charge in [0.25, 0.3) is 11.8 Å². The number of halogens is 3. The summed E-state index contributed by atoms with van der Waals surface area (Å²) in [5, 5.41) is 2.55. The van der Waals surface area contributed by atoms with Gasteiger partial charge in [0.1, 0.15) is 16.8 Å². The van der Waals surface area contributed by atoms with Gasteiger partial charge in [-0.2, -0.15) is 13.2 Å². The van der Waals surface area contributed by atoms with Crippen molar-refractivity contribution in [2.45, 2.75) is 63.6 Å². The second-order valence-corrected chi connectivity index (χ2v) is 11.3. The average Bonchev–Trinajstić information content (AvgIpc) is 3.42. The Morgan fingerprint density at radius 1 is 1.17 bits per heavy atom. The summed E-state index contributed by atoms with van der Waals surface area (Å²) >= 11 is 1.69. The van der Waals surface area contributed by atoms with E-state index in [4.69, 9.17) is 0 Å². The number of piperidine rings is 1. The van der Waals surface area contributed by atoms with E-state index in [0.29, 0.717) is 44.3 Å². The lowest BCUT2D eigenvalue weighted by Gasteiger charge is -2.35. The van der Waals surface area contributed by atoms with Crippen molar-refractivity contribution in [3.05, 3.63) is 34.9 Å². The van der Waals surface area contributed by atoms with Crippen molar-refractivity contribution < 1.29 is 22.8 Å². The largest absolute Gasteiger partial charge is 0.401 e. The SMILES string of the molecule is Cc1cc(C(=O)N(C)C)ccc1CCSN1CCC2(CC1)N=C(C1(C(F)(F)F)CCCC1)NC2=O. The summed E-state index contributed by atoms with van der Waals surface area (Å²) in [7, 11) is 3.46. The minimum absolute atomic E-state index is 0.00261. The fourth-order valence-corrected chi connectivity index (χ4v) is 6.36. The lowest BCUT2D eigenvalue weighted by Crippen LogP contribution is -2.50. The van der Waals surface area contributed by atoms with Crippen LogP contribution in [0.5, 0.6) is 0 Å². The van der Waals surface area contributed by atoms with Gasteiger partial charge in [-0.15, -0.1) is 0 Å². The van der Waals surface area contributed by atoms with Gasteiger partial charge in [-0.25, -0.2) is 0 Å². The molecule has 0 bridgehead atoms. The predicted molar refractivity (Wildman–Crippen MR) is 131 cm³/mol. The molecule has 0 aromatic heterocycles. The zero-order valence-corrected chi connectivity index (χ0v) is 21.3. The van der Waals surface area contributed by atoms with Gasteiger partial charge in [-0.3, -0.25) is 18.9 Å². The van der Waals surface area contributed by atoms with Gasteiger partial charge in [0, 0.05) is 38.5 Å². The maximum atomic E-state index is 14.0. The van der Waals surface area contributed by atoms with Crippen LogP contribution in [0, 0.1) is 12.3 Å². The average molecular weight is 511 g/mol. The van der Waals surface area contributed by atoms with Gasteiger partial charge in [-0.05, 0) is 62.3 Å². The molecule has 1 saturated carbocycles. The lowest BCUT2D eigenvalue weighted by atomic mass is 9.83. The molecule has 6 nitrogen and oxygen atoms in total. The van der Waals surface area contributed by atoms with E-state index in [2.05, 4.69) is 14.6 Å². The van der Waals surface area contributed by atoms with Gasteiger partial charge in [0.15, 0.2) is 0 Å². The zero-order valence-electron chi connectivity index (χ0n) is 20.5. The number of amidine groups is 1. The Bertz CT molecular complexity index is 1010. The number of rotatable bonds is 6. The van der Waals surface area contributed by atoms with Crippen LogP contribution in [-0.4, -0.2) is 71.5 Å². The van der Waals surface area contributed by atoms with E-state index in [-0.39, 0.29) is 30.5 Å². The third-order valence-electron chi connectivity index (χ3n) is 7.62. The van der Waals surface area contributed by atoms with E-state index in [1.807, 2.05) is 25.1 Å². The second-order valence-electron chi connectivity index (χ2n) is 10.1. The van der Waals surface area contributed by atoms with E-state index in [0.717, 1.165) is 17.7 Å². The first-order valence-corrected chi connectivity index (χ1v) is 13.1. The third kappa shape index (κ3) is 4.96. The summed E-state index contributed by atoms with van der Waals surface area (Å²) in [6, 6.07) is 5.77. The Balaban J connectivity index is 1.33. The highest BCUT2D eigenvalue weighted by Gasteiger charge is 2.62. The first kappa shape index (κ1) is 26.0. The van der Waals surface area contributed by atoms with Gasteiger partial charge in [-0.1, -0.05) is 30.9 Å². The number of nitrogens with zero attached hydrogens (tertiary/aromatic N) is 3. The molecule has 2 heterocycles. The summed E-state index contributed by atoms with van der Waals surface area (Å²) < 4.78 is 44.0. The third-order valence-corrected chi connectivity index (χ3v) is 8.74. The van der Waals surface area contributed by atoms with E-state index in [1.54, 1.807) is 30.9 Å². The van der Waals surface area contributed by atoms with Crippen LogP contribution in [0.1, 0.15) is 60.0 Å². The highest BCUT2D eigenvalue weighted by molar-refractivity contribution is 7.97. The summed E-state index contributed by atoms with van der Waals surface area (Å²) in [5.41, 5.74) is -0.142. The molecule has 1 saturated heterocycles. The van der Waals surface area contributed by atoms with Crippen LogP contribution < -0.4 is 5.32 Å². The smallest absolute Gasteiger partial charge is 0.345 e. The van der Waals surface area contributed by atoms with E-state index >= 15 is 0 Å². The van der Waals surface area contributed by atoms with Crippen molar-refractivity contribution in [3.8, 4) is 0 Å². The molecule has 0 atom stereocenters. The molecule has 2 aliphatic heterocycles. The summed E-state index contributed by atoms with van der Waals surface area (Å²) in [6.45, 7) is 3.20. The molecule has 4 rings (SSSR count). The van der Waals surface area contributed by atoms with Crippen LogP contribution in [0.25, 0.3) is 0 Å². The van der Waals surface area contributed by atoms with Crippen LogP contribution in [0.4, 0.5) is 13.2 Å². The Morgan fingerprint density at radius 2 is 1.83 bits per heavy atom. The molecule has 2 amide bonds. The van der Waals surface area contributed by atoms with Crippen molar-refractivity contribution in [1.29, 1.82) is 0 Å². The number of carbonyl (C=O) groups is 2. The molecule has 192 valence electrons. The zero-order chi connectivity index (χ0) is 25.4. The maximum Gasteiger partial charge on any atom is 0.401 e. The quantitative estimate of drug-likeness (QED) is 0.578. The van der Waals surface area contributed by atoms with E-state index < -0.39 is 17.1 Å². The number of aliphatic imine (C=N–C) groups is 1.